The number of non-ortho nitro benzene ring substituents is 2. The molecule has 3 rings (SSSR count). The minimum Gasteiger partial charge on any atom is -0.368 e. The summed E-state index contributed by atoms with van der Waals surface area (Å²) >= 11 is 0. The van der Waals surface area contributed by atoms with Crippen molar-refractivity contribution in [3.05, 3.63) is 73.8 Å². The largest absolute Gasteiger partial charge is 0.368 e. The molecule has 1 amide bonds. The molecular formula is C18H18N6O5. The molecule has 1 aliphatic heterocycles. The van der Waals surface area contributed by atoms with Gasteiger partial charge in [0.2, 0.25) is 0 Å². The molecule has 1 saturated heterocycles. The number of nitro benzene ring substituents is 2. The summed E-state index contributed by atoms with van der Waals surface area (Å²) in [6.45, 7) is 3.08. The van der Waals surface area contributed by atoms with Gasteiger partial charge in [-0.3, -0.25) is 25.0 Å². The molecule has 0 radical (unpaired) electrons. The van der Waals surface area contributed by atoms with E-state index in [1.54, 1.807) is 6.07 Å². The monoisotopic (exact) mass is 398 g/mol. The summed E-state index contributed by atoms with van der Waals surface area (Å²) in [5.41, 5.74) is 3.63. The van der Waals surface area contributed by atoms with E-state index in [0.29, 0.717) is 5.56 Å². The average molecular weight is 398 g/mol. The fourth-order valence-electron chi connectivity index (χ4n) is 2.91. The standard InChI is InChI=1S/C18H18N6O5/c25-18(13-1-3-15(4-2-13)23(26)27)21-20-12-14-11-16(24(28)29)5-6-17(14)22-9-7-19-8-10-22/h1-6,11-12,19H,7-10H2,(H,21,25). The molecule has 0 saturated carbocycles. The molecule has 0 aliphatic carbocycles. The first-order valence-corrected chi connectivity index (χ1v) is 8.77. The lowest BCUT2D eigenvalue weighted by molar-refractivity contribution is -0.385. The fraction of sp³-hybridized carbons (Fsp3) is 0.222. The number of carbonyl (C=O) groups excluding carboxylic acids is 1. The maximum Gasteiger partial charge on any atom is 0.271 e. The SMILES string of the molecule is O=C(NN=Cc1cc([N+](=O)[O-])ccc1N1CCNCC1)c1ccc([N+](=O)[O-])cc1. The molecule has 0 spiro atoms. The van der Waals surface area contributed by atoms with Crippen LogP contribution in [0.5, 0.6) is 0 Å². The lowest BCUT2D eigenvalue weighted by atomic mass is 10.1. The van der Waals surface area contributed by atoms with Gasteiger partial charge in [0.1, 0.15) is 0 Å². The Kier molecular flexibility index (Phi) is 6.09. The number of piperazine rings is 1. The number of carbonyl (C=O) groups is 1. The van der Waals surface area contributed by atoms with Gasteiger partial charge in [0.25, 0.3) is 17.3 Å². The van der Waals surface area contributed by atoms with E-state index < -0.39 is 15.8 Å². The zero-order valence-electron chi connectivity index (χ0n) is 15.3. The smallest absolute Gasteiger partial charge is 0.271 e. The van der Waals surface area contributed by atoms with Crippen molar-refractivity contribution in [2.75, 3.05) is 31.1 Å². The van der Waals surface area contributed by atoms with Gasteiger partial charge in [-0.05, 0) is 18.2 Å². The molecule has 11 nitrogen and oxygen atoms in total. The van der Waals surface area contributed by atoms with Crippen molar-refractivity contribution >= 4 is 29.2 Å². The van der Waals surface area contributed by atoms with Crippen molar-refractivity contribution in [1.82, 2.24) is 10.7 Å². The zero-order chi connectivity index (χ0) is 20.8. The van der Waals surface area contributed by atoms with Crippen LogP contribution in [0.25, 0.3) is 0 Å². The fourth-order valence-corrected chi connectivity index (χ4v) is 2.91. The predicted octanol–water partition coefficient (Wildman–Crippen LogP) is 1.68. The predicted molar refractivity (Wildman–Crippen MR) is 106 cm³/mol. The molecule has 2 N–H and O–H groups in total. The highest BCUT2D eigenvalue weighted by molar-refractivity contribution is 5.96. The molecule has 1 aliphatic rings. The number of nitrogens with one attached hydrogen (secondary N) is 2. The summed E-state index contributed by atoms with van der Waals surface area (Å²) < 4.78 is 0. The van der Waals surface area contributed by atoms with E-state index in [4.69, 9.17) is 0 Å². The third-order valence-corrected chi connectivity index (χ3v) is 4.39. The normalized spacial score (nSPS) is 14.0. The van der Waals surface area contributed by atoms with E-state index in [0.717, 1.165) is 31.9 Å². The number of nitro groups is 2. The highest BCUT2D eigenvalue weighted by Crippen LogP contribution is 2.24. The number of nitrogens with zero attached hydrogens (tertiary/aromatic N) is 4. The topological polar surface area (TPSA) is 143 Å². The second kappa shape index (κ2) is 8.89. The second-order valence-electron chi connectivity index (χ2n) is 6.24. The summed E-state index contributed by atoms with van der Waals surface area (Å²) in [4.78, 5) is 35.0. The van der Waals surface area contributed by atoms with Gasteiger partial charge in [-0.25, -0.2) is 5.43 Å². The quantitative estimate of drug-likeness (QED) is 0.428. The van der Waals surface area contributed by atoms with Crippen molar-refractivity contribution in [2.45, 2.75) is 0 Å². The van der Waals surface area contributed by atoms with Gasteiger partial charge in [0.05, 0.1) is 16.1 Å². The molecule has 29 heavy (non-hydrogen) atoms. The lowest BCUT2D eigenvalue weighted by Gasteiger charge is -2.30. The van der Waals surface area contributed by atoms with Crippen LogP contribution >= 0.6 is 0 Å². The molecule has 1 heterocycles. The molecule has 150 valence electrons. The summed E-state index contributed by atoms with van der Waals surface area (Å²) in [6.07, 6.45) is 1.35. The molecule has 11 heteroatoms. The number of amides is 1. The van der Waals surface area contributed by atoms with Crippen molar-refractivity contribution < 1.29 is 14.6 Å². The maximum atomic E-state index is 12.2. The number of hydrogen-bond acceptors (Lipinski definition) is 8. The van der Waals surface area contributed by atoms with Crippen LogP contribution in [-0.4, -0.2) is 48.1 Å². The number of hydrogen-bond donors (Lipinski definition) is 2. The van der Waals surface area contributed by atoms with Crippen LogP contribution in [0.3, 0.4) is 0 Å². The summed E-state index contributed by atoms with van der Waals surface area (Å²) in [7, 11) is 0. The van der Waals surface area contributed by atoms with E-state index in [-0.39, 0.29) is 16.9 Å². The second-order valence-corrected chi connectivity index (χ2v) is 6.24. The molecule has 0 bridgehead atoms. The van der Waals surface area contributed by atoms with Gasteiger partial charge in [-0.15, -0.1) is 0 Å². The molecule has 0 atom stereocenters. The Balaban J connectivity index is 1.77. The van der Waals surface area contributed by atoms with Crippen LogP contribution in [0.15, 0.2) is 47.6 Å². The Bertz CT molecular complexity index is 954. The van der Waals surface area contributed by atoms with E-state index >= 15 is 0 Å². The highest BCUT2D eigenvalue weighted by Gasteiger charge is 2.17. The molecule has 2 aromatic rings. The number of rotatable bonds is 6. The van der Waals surface area contributed by atoms with Gasteiger partial charge in [-0.2, -0.15) is 5.10 Å². The molecule has 2 aromatic carbocycles. The van der Waals surface area contributed by atoms with Crippen LogP contribution in [0.2, 0.25) is 0 Å². The number of benzene rings is 2. The summed E-state index contributed by atoms with van der Waals surface area (Å²) in [6, 6.07) is 9.60. The van der Waals surface area contributed by atoms with Gasteiger partial charge >= 0.3 is 0 Å². The Morgan fingerprint density at radius 1 is 1.03 bits per heavy atom. The Labute approximate surface area is 165 Å². The van der Waals surface area contributed by atoms with Crippen molar-refractivity contribution in [2.24, 2.45) is 5.10 Å². The van der Waals surface area contributed by atoms with E-state index in [9.17, 15) is 25.0 Å². The van der Waals surface area contributed by atoms with Crippen LogP contribution in [0, 0.1) is 20.2 Å². The van der Waals surface area contributed by atoms with Gasteiger partial charge in [0, 0.05) is 67.3 Å². The molecular weight excluding hydrogens is 380 g/mol. The minimum absolute atomic E-state index is 0.0768. The average Bonchev–Trinajstić information content (AvgIpc) is 2.74. The summed E-state index contributed by atoms with van der Waals surface area (Å²) in [5, 5.41) is 28.9. The highest BCUT2D eigenvalue weighted by atomic mass is 16.6. The van der Waals surface area contributed by atoms with Crippen LogP contribution in [0.1, 0.15) is 15.9 Å². The van der Waals surface area contributed by atoms with Gasteiger partial charge in [-0.1, -0.05) is 0 Å². The van der Waals surface area contributed by atoms with E-state index in [2.05, 4.69) is 20.7 Å². The first-order chi connectivity index (χ1) is 14.0. The summed E-state index contributed by atoms with van der Waals surface area (Å²) in [5.74, 6) is -0.551. The first kappa shape index (κ1) is 19.9. The van der Waals surface area contributed by atoms with Gasteiger partial charge in [0.15, 0.2) is 0 Å². The van der Waals surface area contributed by atoms with Gasteiger partial charge < -0.3 is 10.2 Å². The Morgan fingerprint density at radius 2 is 1.66 bits per heavy atom. The molecule has 0 unspecified atom stereocenters. The molecule has 1 fully saturated rings. The maximum absolute atomic E-state index is 12.2. The Morgan fingerprint density at radius 3 is 2.28 bits per heavy atom. The lowest BCUT2D eigenvalue weighted by Crippen LogP contribution is -2.43. The van der Waals surface area contributed by atoms with Crippen molar-refractivity contribution in [1.29, 1.82) is 0 Å². The van der Waals surface area contributed by atoms with Crippen molar-refractivity contribution in [3.8, 4) is 0 Å². The van der Waals surface area contributed by atoms with Crippen LogP contribution in [-0.2, 0) is 0 Å². The molecule has 0 aromatic heterocycles. The number of hydrazone groups is 1. The Hall–Kier alpha value is -3.86. The third kappa shape index (κ3) is 4.90. The minimum atomic E-state index is -0.556. The third-order valence-electron chi connectivity index (χ3n) is 4.39. The zero-order valence-corrected chi connectivity index (χ0v) is 15.3. The first-order valence-electron chi connectivity index (χ1n) is 8.77. The van der Waals surface area contributed by atoms with Crippen molar-refractivity contribution in [3.63, 3.8) is 0 Å². The van der Waals surface area contributed by atoms with E-state index in [1.165, 1.54) is 42.6 Å². The number of anilines is 1. The van der Waals surface area contributed by atoms with Crippen LogP contribution < -0.4 is 15.6 Å². The van der Waals surface area contributed by atoms with Crippen LogP contribution in [0.4, 0.5) is 17.1 Å². The van der Waals surface area contributed by atoms with E-state index in [1.807, 2.05) is 0 Å².